The largest absolute Gasteiger partial charge is 0.353 e. The first-order valence-electron chi connectivity index (χ1n) is 6.32. The number of hydrogen-bond acceptors (Lipinski definition) is 3. The zero-order chi connectivity index (χ0) is 13.8. The lowest BCUT2D eigenvalue weighted by molar-refractivity contribution is 0.424. The minimum absolute atomic E-state index is 0.0909. The molecule has 4 nitrogen and oxygen atoms in total. The zero-order valence-corrected chi connectivity index (χ0v) is 12.5. The molecule has 0 aromatic carbocycles. The van der Waals surface area contributed by atoms with E-state index < -0.39 is 9.84 Å². The van der Waals surface area contributed by atoms with Crippen LogP contribution in [0.4, 0.5) is 0 Å². The van der Waals surface area contributed by atoms with Gasteiger partial charge in [-0.3, -0.25) is 0 Å². The van der Waals surface area contributed by atoms with Crippen molar-refractivity contribution in [2.45, 2.75) is 46.3 Å². The average molecular weight is 272 g/mol. The molecule has 0 amide bonds. The van der Waals surface area contributed by atoms with Crippen molar-refractivity contribution in [3.05, 3.63) is 24.0 Å². The molecule has 0 unspecified atom stereocenters. The van der Waals surface area contributed by atoms with Crippen molar-refractivity contribution in [3.63, 3.8) is 0 Å². The molecular formula is C13H24N2O2S. The summed E-state index contributed by atoms with van der Waals surface area (Å²) in [6.07, 6.45) is 3.94. The molecule has 0 saturated heterocycles. The average Bonchev–Trinajstić information content (AvgIpc) is 2.71. The fourth-order valence-electron chi connectivity index (χ4n) is 1.49. The summed E-state index contributed by atoms with van der Waals surface area (Å²) in [4.78, 5) is 0. The van der Waals surface area contributed by atoms with E-state index in [2.05, 4.69) is 26.1 Å². The molecule has 1 heterocycles. The number of aryl methyl sites for hydroxylation is 1. The molecule has 1 aromatic rings. The van der Waals surface area contributed by atoms with E-state index in [-0.39, 0.29) is 17.0 Å². The third-order valence-corrected chi connectivity index (χ3v) is 4.42. The minimum Gasteiger partial charge on any atom is -0.353 e. The van der Waals surface area contributed by atoms with Gasteiger partial charge in [-0.2, -0.15) is 0 Å². The summed E-state index contributed by atoms with van der Waals surface area (Å²) in [7, 11) is -2.88. The standard InChI is InChI=1S/C13H24N2O2S/c1-5-18(16,17)9-8-15-7-6-12(11-15)10-14-13(2,3)4/h6-7,11,14H,5,8-10H2,1-4H3. The van der Waals surface area contributed by atoms with Crippen molar-refractivity contribution in [2.24, 2.45) is 0 Å². The van der Waals surface area contributed by atoms with Crippen LogP contribution in [0.25, 0.3) is 0 Å². The summed E-state index contributed by atoms with van der Waals surface area (Å²) in [6, 6.07) is 2.03. The normalized spacial score (nSPS) is 12.9. The zero-order valence-electron chi connectivity index (χ0n) is 11.7. The van der Waals surface area contributed by atoms with Gasteiger partial charge in [-0.05, 0) is 32.4 Å². The number of aromatic nitrogens is 1. The van der Waals surface area contributed by atoms with Gasteiger partial charge in [-0.25, -0.2) is 8.42 Å². The Hall–Kier alpha value is -0.810. The Morgan fingerprint density at radius 1 is 1.33 bits per heavy atom. The molecule has 1 aromatic heterocycles. The maximum atomic E-state index is 11.4. The molecule has 0 spiro atoms. The first-order valence-corrected chi connectivity index (χ1v) is 8.14. The third kappa shape index (κ3) is 5.69. The van der Waals surface area contributed by atoms with Crippen LogP contribution < -0.4 is 5.32 Å². The van der Waals surface area contributed by atoms with Crippen molar-refractivity contribution >= 4 is 9.84 Å². The summed E-state index contributed by atoms with van der Waals surface area (Å²) < 4.78 is 24.8. The van der Waals surface area contributed by atoms with Gasteiger partial charge in [0.05, 0.1) is 5.75 Å². The number of hydrogen-bond donors (Lipinski definition) is 1. The van der Waals surface area contributed by atoms with Gasteiger partial charge >= 0.3 is 0 Å². The highest BCUT2D eigenvalue weighted by Gasteiger charge is 2.10. The van der Waals surface area contributed by atoms with Gasteiger partial charge in [-0.15, -0.1) is 0 Å². The smallest absolute Gasteiger partial charge is 0.151 e. The molecule has 0 aliphatic heterocycles. The van der Waals surface area contributed by atoms with E-state index in [1.54, 1.807) is 6.92 Å². The molecule has 1 N–H and O–H groups in total. The fourth-order valence-corrected chi connectivity index (χ4v) is 2.27. The predicted octanol–water partition coefficient (Wildman–Crippen LogP) is 1.81. The van der Waals surface area contributed by atoms with Crippen molar-refractivity contribution in [1.29, 1.82) is 0 Å². The second-order valence-corrected chi connectivity index (χ2v) is 8.07. The van der Waals surface area contributed by atoms with Gasteiger partial charge in [0.1, 0.15) is 0 Å². The maximum absolute atomic E-state index is 11.4. The minimum atomic E-state index is -2.88. The molecule has 0 radical (unpaired) electrons. The van der Waals surface area contributed by atoms with E-state index in [1.807, 2.05) is 23.0 Å². The highest BCUT2D eigenvalue weighted by atomic mass is 32.2. The lowest BCUT2D eigenvalue weighted by Gasteiger charge is -2.19. The van der Waals surface area contributed by atoms with E-state index in [9.17, 15) is 8.42 Å². The Labute approximate surface area is 110 Å². The molecule has 0 atom stereocenters. The Kier molecular flexibility index (Phi) is 4.99. The first-order chi connectivity index (χ1) is 8.22. The number of nitrogens with one attached hydrogen (secondary N) is 1. The molecule has 1 rings (SSSR count). The highest BCUT2D eigenvalue weighted by molar-refractivity contribution is 7.91. The fraction of sp³-hybridized carbons (Fsp3) is 0.692. The van der Waals surface area contributed by atoms with Crippen LogP contribution in [0, 0.1) is 0 Å². The van der Waals surface area contributed by atoms with Gasteiger partial charge in [0, 0.05) is 36.8 Å². The molecule has 0 fully saturated rings. The third-order valence-electron chi connectivity index (χ3n) is 2.73. The Morgan fingerprint density at radius 3 is 2.56 bits per heavy atom. The summed E-state index contributed by atoms with van der Waals surface area (Å²) >= 11 is 0. The van der Waals surface area contributed by atoms with Gasteiger partial charge in [0.25, 0.3) is 0 Å². The van der Waals surface area contributed by atoms with Crippen molar-refractivity contribution in [3.8, 4) is 0 Å². The second-order valence-electron chi connectivity index (χ2n) is 5.60. The van der Waals surface area contributed by atoms with Crippen LogP contribution in [0.5, 0.6) is 0 Å². The Bertz CT molecular complexity index is 469. The molecular weight excluding hydrogens is 248 g/mol. The van der Waals surface area contributed by atoms with Crippen LogP contribution in [-0.2, 0) is 22.9 Å². The monoisotopic (exact) mass is 272 g/mol. The summed E-state index contributed by atoms with van der Waals surface area (Å²) in [6.45, 7) is 9.39. The van der Waals surface area contributed by atoms with Crippen LogP contribution in [0.2, 0.25) is 0 Å². The summed E-state index contributed by atoms with van der Waals surface area (Å²) in [5.74, 6) is 0.428. The molecule has 0 bridgehead atoms. The van der Waals surface area contributed by atoms with Crippen LogP contribution in [0.3, 0.4) is 0 Å². The SMILES string of the molecule is CCS(=O)(=O)CCn1ccc(CNC(C)(C)C)c1. The molecule has 18 heavy (non-hydrogen) atoms. The summed E-state index contributed by atoms with van der Waals surface area (Å²) in [5.41, 5.74) is 1.27. The van der Waals surface area contributed by atoms with Crippen LogP contribution in [0.1, 0.15) is 33.3 Å². The second kappa shape index (κ2) is 5.89. The number of sulfone groups is 1. The molecule has 104 valence electrons. The van der Waals surface area contributed by atoms with E-state index in [0.29, 0.717) is 6.54 Å². The van der Waals surface area contributed by atoms with E-state index in [4.69, 9.17) is 0 Å². The number of nitrogens with zero attached hydrogens (tertiary/aromatic N) is 1. The van der Waals surface area contributed by atoms with Crippen molar-refractivity contribution < 1.29 is 8.42 Å². The van der Waals surface area contributed by atoms with E-state index >= 15 is 0 Å². The maximum Gasteiger partial charge on any atom is 0.151 e. The van der Waals surface area contributed by atoms with Gasteiger partial charge in [0.15, 0.2) is 9.84 Å². The molecule has 0 aliphatic rings. The van der Waals surface area contributed by atoms with Crippen LogP contribution >= 0.6 is 0 Å². The molecule has 0 saturated carbocycles. The molecule has 0 aliphatic carbocycles. The quantitative estimate of drug-likeness (QED) is 0.859. The number of rotatable bonds is 6. The lowest BCUT2D eigenvalue weighted by Crippen LogP contribution is -2.34. The van der Waals surface area contributed by atoms with Gasteiger partial charge in [0.2, 0.25) is 0 Å². The van der Waals surface area contributed by atoms with Crippen LogP contribution in [0.15, 0.2) is 18.5 Å². The Balaban J connectivity index is 2.49. The lowest BCUT2D eigenvalue weighted by atomic mass is 10.1. The van der Waals surface area contributed by atoms with E-state index in [0.717, 1.165) is 6.54 Å². The van der Waals surface area contributed by atoms with Gasteiger partial charge < -0.3 is 9.88 Å². The van der Waals surface area contributed by atoms with Gasteiger partial charge in [-0.1, -0.05) is 6.92 Å². The Morgan fingerprint density at radius 2 is 2.00 bits per heavy atom. The topological polar surface area (TPSA) is 51.1 Å². The van der Waals surface area contributed by atoms with Crippen LogP contribution in [-0.4, -0.2) is 30.0 Å². The highest BCUT2D eigenvalue weighted by Crippen LogP contribution is 2.06. The van der Waals surface area contributed by atoms with Crippen molar-refractivity contribution in [2.75, 3.05) is 11.5 Å². The molecule has 5 heteroatoms. The van der Waals surface area contributed by atoms with Crippen molar-refractivity contribution in [1.82, 2.24) is 9.88 Å². The predicted molar refractivity (Wildman–Crippen MR) is 75.4 cm³/mol. The first kappa shape index (κ1) is 15.2. The van der Waals surface area contributed by atoms with E-state index in [1.165, 1.54) is 5.56 Å². The summed E-state index contributed by atoms with van der Waals surface area (Å²) in [5, 5.41) is 3.40.